The van der Waals surface area contributed by atoms with Crippen molar-refractivity contribution in [1.29, 1.82) is 0 Å². The molecule has 0 aromatic heterocycles. The molecule has 0 saturated carbocycles. The van der Waals surface area contributed by atoms with Crippen molar-refractivity contribution in [3.05, 3.63) is 29.8 Å². The van der Waals surface area contributed by atoms with Gasteiger partial charge < -0.3 is 14.4 Å². The second-order valence-electron chi connectivity index (χ2n) is 3.69. The van der Waals surface area contributed by atoms with E-state index < -0.39 is 5.97 Å². The minimum atomic E-state index is -0.415. The molecular formula is C13H17NO4. The van der Waals surface area contributed by atoms with Gasteiger partial charge in [-0.2, -0.15) is 0 Å². The number of benzene rings is 1. The van der Waals surface area contributed by atoms with Crippen LogP contribution in [0.15, 0.2) is 24.3 Å². The van der Waals surface area contributed by atoms with Gasteiger partial charge in [0.15, 0.2) is 0 Å². The van der Waals surface area contributed by atoms with E-state index in [-0.39, 0.29) is 12.5 Å². The van der Waals surface area contributed by atoms with E-state index in [2.05, 4.69) is 0 Å². The first-order valence-corrected chi connectivity index (χ1v) is 5.63. The molecule has 0 bridgehead atoms. The molecule has 0 atom stereocenters. The van der Waals surface area contributed by atoms with Crippen molar-refractivity contribution in [2.24, 2.45) is 0 Å². The summed E-state index contributed by atoms with van der Waals surface area (Å²) in [6, 6.07) is 6.71. The third kappa shape index (κ3) is 3.76. The van der Waals surface area contributed by atoms with E-state index in [0.29, 0.717) is 17.9 Å². The topological polar surface area (TPSA) is 55.8 Å². The maximum absolute atomic E-state index is 12.0. The van der Waals surface area contributed by atoms with E-state index >= 15 is 0 Å². The van der Waals surface area contributed by atoms with Crippen LogP contribution >= 0.6 is 0 Å². The average Bonchev–Trinajstić information content (AvgIpc) is 2.38. The highest BCUT2D eigenvalue weighted by Crippen LogP contribution is 2.12. The van der Waals surface area contributed by atoms with Crippen molar-refractivity contribution in [2.45, 2.75) is 6.92 Å². The number of hydrogen-bond acceptors (Lipinski definition) is 4. The van der Waals surface area contributed by atoms with Gasteiger partial charge >= 0.3 is 5.97 Å². The van der Waals surface area contributed by atoms with Gasteiger partial charge in [0.05, 0.1) is 13.7 Å². The van der Waals surface area contributed by atoms with Crippen molar-refractivity contribution in [3.8, 4) is 5.75 Å². The van der Waals surface area contributed by atoms with Crippen molar-refractivity contribution in [2.75, 3.05) is 27.3 Å². The van der Waals surface area contributed by atoms with Crippen LogP contribution in [0.4, 0.5) is 0 Å². The van der Waals surface area contributed by atoms with Crippen molar-refractivity contribution >= 4 is 11.9 Å². The molecule has 0 saturated heterocycles. The van der Waals surface area contributed by atoms with Crippen LogP contribution in [0.3, 0.4) is 0 Å². The molecule has 1 rings (SSSR count). The minimum Gasteiger partial charge on any atom is -0.497 e. The summed E-state index contributed by atoms with van der Waals surface area (Å²) in [5, 5.41) is 0. The fraction of sp³-hybridized carbons (Fsp3) is 0.385. The van der Waals surface area contributed by atoms with Crippen molar-refractivity contribution in [3.63, 3.8) is 0 Å². The van der Waals surface area contributed by atoms with Crippen molar-refractivity contribution < 1.29 is 19.1 Å². The second kappa shape index (κ2) is 6.64. The lowest BCUT2D eigenvalue weighted by molar-refractivity contribution is -0.143. The van der Waals surface area contributed by atoms with Gasteiger partial charge in [0.1, 0.15) is 12.3 Å². The standard InChI is InChI=1S/C13H17NO4/c1-4-18-12(15)9-14(2)13(16)10-5-7-11(17-3)8-6-10/h5-8H,4,9H2,1-3H3. The van der Waals surface area contributed by atoms with E-state index in [1.165, 1.54) is 4.90 Å². The molecule has 0 heterocycles. The Morgan fingerprint density at radius 1 is 1.22 bits per heavy atom. The van der Waals surface area contributed by atoms with Gasteiger partial charge in [-0.05, 0) is 31.2 Å². The van der Waals surface area contributed by atoms with Crippen molar-refractivity contribution in [1.82, 2.24) is 4.90 Å². The molecule has 1 amide bonds. The molecule has 0 N–H and O–H groups in total. The number of likely N-dealkylation sites (N-methyl/N-ethyl adjacent to an activating group) is 1. The quantitative estimate of drug-likeness (QED) is 0.741. The minimum absolute atomic E-state index is 0.0568. The zero-order valence-electron chi connectivity index (χ0n) is 10.8. The number of carbonyl (C=O) groups is 2. The predicted molar refractivity (Wildman–Crippen MR) is 66.6 cm³/mol. The van der Waals surface area contributed by atoms with Gasteiger partial charge in [-0.3, -0.25) is 9.59 Å². The van der Waals surface area contributed by atoms with E-state index in [1.807, 2.05) is 0 Å². The number of nitrogens with zero attached hydrogens (tertiary/aromatic N) is 1. The fourth-order valence-electron chi connectivity index (χ4n) is 1.43. The Balaban J connectivity index is 2.64. The van der Waals surface area contributed by atoms with Crippen LogP contribution in [-0.4, -0.2) is 44.1 Å². The van der Waals surface area contributed by atoms with Crippen LogP contribution in [0, 0.1) is 0 Å². The summed E-state index contributed by atoms with van der Waals surface area (Å²) in [7, 11) is 3.12. The Labute approximate surface area is 106 Å². The molecule has 0 aliphatic heterocycles. The fourth-order valence-corrected chi connectivity index (χ4v) is 1.43. The summed E-state index contributed by atoms with van der Waals surface area (Å²) in [6.07, 6.45) is 0. The predicted octanol–water partition coefficient (Wildman–Crippen LogP) is 1.33. The van der Waals surface area contributed by atoms with E-state index in [0.717, 1.165) is 0 Å². The lowest BCUT2D eigenvalue weighted by Crippen LogP contribution is -2.33. The van der Waals surface area contributed by atoms with Gasteiger partial charge in [-0.1, -0.05) is 0 Å². The molecule has 5 nitrogen and oxygen atoms in total. The first-order valence-electron chi connectivity index (χ1n) is 5.63. The molecule has 0 unspecified atom stereocenters. The number of ether oxygens (including phenoxy) is 2. The Morgan fingerprint density at radius 2 is 1.83 bits per heavy atom. The molecule has 1 aromatic rings. The molecule has 0 fully saturated rings. The number of hydrogen-bond donors (Lipinski definition) is 0. The smallest absolute Gasteiger partial charge is 0.325 e. The van der Waals surface area contributed by atoms with Gasteiger partial charge in [-0.25, -0.2) is 0 Å². The molecule has 1 aromatic carbocycles. The SMILES string of the molecule is CCOC(=O)CN(C)C(=O)c1ccc(OC)cc1. The maximum atomic E-state index is 12.0. The summed E-state index contributed by atoms with van der Waals surface area (Å²) in [5.41, 5.74) is 0.502. The first-order chi connectivity index (χ1) is 8.58. The molecular weight excluding hydrogens is 234 g/mol. The van der Waals surface area contributed by atoms with E-state index in [9.17, 15) is 9.59 Å². The van der Waals surface area contributed by atoms with Gasteiger partial charge in [0.2, 0.25) is 0 Å². The summed E-state index contributed by atoms with van der Waals surface area (Å²) in [6.45, 7) is 1.98. The average molecular weight is 251 g/mol. The Morgan fingerprint density at radius 3 is 2.33 bits per heavy atom. The van der Waals surface area contributed by atoms with Gasteiger partial charge in [0, 0.05) is 12.6 Å². The summed E-state index contributed by atoms with van der Waals surface area (Å²) in [4.78, 5) is 24.5. The monoisotopic (exact) mass is 251 g/mol. The largest absolute Gasteiger partial charge is 0.497 e. The third-order valence-corrected chi connectivity index (χ3v) is 2.36. The molecule has 0 aliphatic rings. The summed E-state index contributed by atoms with van der Waals surface area (Å²) < 4.78 is 9.79. The normalized spacial score (nSPS) is 9.72. The summed E-state index contributed by atoms with van der Waals surface area (Å²) in [5.74, 6) is 0.0344. The Bertz CT molecular complexity index is 414. The molecule has 5 heteroatoms. The van der Waals surface area contributed by atoms with Crippen LogP contribution < -0.4 is 4.74 Å². The summed E-state index contributed by atoms with van der Waals surface area (Å²) >= 11 is 0. The molecule has 0 radical (unpaired) electrons. The van der Waals surface area contributed by atoms with Crippen LogP contribution in [-0.2, 0) is 9.53 Å². The van der Waals surface area contributed by atoms with Crippen LogP contribution in [0.5, 0.6) is 5.75 Å². The highest BCUT2D eigenvalue weighted by molar-refractivity contribution is 5.95. The lowest BCUT2D eigenvalue weighted by atomic mass is 10.2. The van der Waals surface area contributed by atoms with Crippen LogP contribution in [0.25, 0.3) is 0 Å². The van der Waals surface area contributed by atoms with Gasteiger partial charge in [0.25, 0.3) is 5.91 Å². The van der Waals surface area contributed by atoms with Gasteiger partial charge in [-0.15, -0.1) is 0 Å². The van der Waals surface area contributed by atoms with Crippen LogP contribution in [0.1, 0.15) is 17.3 Å². The van der Waals surface area contributed by atoms with E-state index in [1.54, 1.807) is 45.3 Å². The second-order valence-corrected chi connectivity index (χ2v) is 3.69. The number of esters is 1. The van der Waals surface area contributed by atoms with E-state index in [4.69, 9.17) is 9.47 Å². The lowest BCUT2D eigenvalue weighted by Gasteiger charge is -2.16. The Hall–Kier alpha value is -2.04. The zero-order chi connectivity index (χ0) is 13.5. The first kappa shape index (κ1) is 14.0. The molecule has 98 valence electrons. The Kier molecular flexibility index (Phi) is 5.17. The third-order valence-electron chi connectivity index (χ3n) is 2.36. The molecule has 18 heavy (non-hydrogen) atoms. The molecule has 0 aliphatic carbocycles. The number of amides is 1. The van der Waals surface area contributed by atoms with Crippen LogP contribution in [0.2, 0.25) is 0 Å². The molecule has 0 spiro atoms. The number of methoxy groups -OCH3 is 1. The zero-order valence-corrected chi connectivity index (χ0v) is 10.8. The number of carbonyl (C=O) groups excluding carboxylic acids is 2. The highest BCUT2D eigenvalue weighted by atomic mass is 16.5. The highest BCUT2D eigenvalue weighted by Gasteiger charge is 2.15. The maximum Gasteiger partial charge on any atom is 0.325 e. The number of rotatable bonds is 5.